The van der Waals surface area contributed by atoms with Gasteiger partial charge < -0.3 is 15.6 Å². The number of carbonyl (C=O) groups is 1. The van der Waals surface area contributed by atoms with E-state index in [0.29, 0.717) is 12.4 Å². The molecule has 1 heterocycles. The van der Waals surface area contributed by atoms with Gasteiger partial charge in [0.1, 0.15) is 5.82 Å². The van der Waals surface area contributed by atoms with Crippen molar-refractivity contribution in [1.29, 1.82) is 0 Å². The van der Waals surface area contributed by atoms with E-state index in [4.69, 9.17) is 15.6 Å². The van der Waals surface area contributed by atoms with E-state index in [1.165, 1.54) is 10.7 Å². The summed E-state index contributed by atoms with van der Waals surface area (Å²) in [5, 5.41) is 12.5. The number of nitrogen functional groups attached to an aromatic ring is 1. The Labute approximate surface area is 81.3 Å². The van der Waals surface area contributed by atoms with Crippen molar-refractivity contribution >= 4 is 11.8 Å². The standard InChI is InChI=1S/C8H13N3O3/c1-2-14-8(13)6-5-7(9)11(10-6)3-4-12/h5,12H,2-4,9H2,1H3. The number of aromatic nitrogens is 2. The molecule has 0 aliphatic carbocycles. The highest BCUT2D eigenvalue weighted by Gasteiger charge is 2.12. The van der Waals surface area contributed by atoms with E-state index in [0.717, 1.165) is 0 Å². The molecule has 0 saturated heterocycles. The van der Waals surface area contributed by atoms with Crippen molar-refractivity contribution in [2.24, 2.45) is 0 Å². The summed E-state index contributed by atoms with van der Waals surface area (Å²) in [5.74, 6) is -0.169. The SMILES string of the molecule is CCOC(=O)c1cc(N)n(CCO)n1. The second-order valence-corrected chi connectivity index (χ2v) is 2.62. The van der Waals surface area contributed by atoms with Crippen LogP contribution in [0.3, 0.4) is 0 Å². The van der Waals surface area contributed by atoms with E-state index < -0.39 is 5.97 Å². The molecule has 0 bridgehead atoms. The smallest absolute Gasteiger partial charge is 0.358 e. The molecule has 1 rings (SSSR count). The molecule has 0 saturated carbocycles. The molecule has 1 aromatic rings. The van der Waals surface area contributed by atoms with E-state index in [-0.39, 0.29) is 18.8 Å². The summed E-state index contributed by atoms with van der Waals surface area (Å²) in [5.41, 5.74) is 5.71. The fraction of sp³-hybridized carbons (Fsp3) is 0.500. The van der Waals surface area contributed by atoms with Crippen LogP contribution in [0.1, 0.15) is 17.4 Å². The lowest BCUT2D eigenvalue weighted by Crippen LogP contribution is -2.09. The lowest BCUT2D eigenvalue weighted by molar-refractivity contribution is 0.0518. The zero-order valence-electron chi connectivity index (χ0n) is 7.93. The maximum Gasteiger partial charge on any atom is 0.358 e. The van der Waals surface area contributed by atoms with E-state index >= 15 is 0 Å². The highest BCUT2D eigenvalue weighted by atomic mass is 16.5. The van der Waals surface area contributed by atoms with Gasteiger partial charge >= 0.3 is 5.97 Å². The Morgan fingerprint density at radius 3 is 3.07 bits per heavy atom. The lowest BCUT2D eigenvalue weighted by Gasteiger charge is -1.99. The van der Waals surface area contributed by atoms with Crippen LogP contribution in [0.5, 0.6) is 0 Å². The third-order valence-corrected chi connectivity index (χ3v) is 1.61. The molecule has 0 fully saturated rings. The maximum atomic E-state index is 11.2. The van der Waals surface area contributed by atoms with Crippen molar-refractivity contribution in [2.45, 2.75) is 13.5 Å². The summed E-state index contributed by atoms with van der Waals surface area (Å²) >= 11 is 0. The van der Waals surface area contributed by atoms with Crippen LogP contribution in [0, 0.1) is 0 Å². The van der Waals surface area contributed by atoms with Crippen LogP contribution >= 0.6 is 0 Å². The summed E-state index contributed by atoms with van der Waals surface area (Å²) in [6.07, 6.45) is 0. The number of esters is 1. The van der Waals surface area contributed by atoms with Gasteiger partial charge in [-0.3, -0.25) is 0 Å². The molecule has 6 nitrogen and oxygen atoms in total. The minimum Gasteiger partial charge on any atom is -0.461 e. The molecule has 0 radical (unpaired) electrons. The van der Waals surface area contributed by atoms with Crippen LogP contribution in [0.2, 0.25) is 0 Å². The van der Waals surface area contributed by atoms with Crippen LogP contribution in [0.25, 0.3) is 0 Å². The van der Waals surface area contributed by atoms with Crippen LogP contribution in [-0.2, 0) is 11.3 Å². The first-order valence-corrected chi connectivity index (χ1v) is 4.30. The predicted molar refractivity (Wildman–Crippen MR) is 49.7 cm³/mol. The molecular formula is C8H13N3O3. The van der Waals surface area contributed by atoms with Gasteiger partial charge in [0.15, 0.2) is 5.69 Å². The second-order valence-electron chi connectivity index (χ2n) is 2.62. The fourth-order valence-corrected chi connectivity index (χ4v) is 1.01. The van der Waals surface area contributed by atoms with Crippen LogP contribution in [0.4, 0.5) is 5.82 Å². The zero-order valence-corrected chi connectivity index (χ0v) is 7.93. The zero-order chi connectivity index (χ0) is 10.6. The van der Waals surface area contributed by atoms with Crippen LogP contribution < -0.4 is 5.73 Å². The lowest BCUT2D eigenvalue weighted by atomic mass is 10.4. The van der Waals surface area contributed by atoms with Crippen molar-refractivity contribution in [3.63, 3.8) is 0 Å². The van der Waals surface area contributed by atoms with Gasteiger partial charge in [0.2, 0.25) is 0 Å². The van der Waals surface area contributed by atoms with Gasteiger partial charge in [-0.05, 0) is 6.92 Å². The van der Waals surface area contributed by atoms with Gasteiger partial charge in [-0.25, -0.2) is 9.48 Å². The molecule has 0 atom stereocenters. The van der Waals surface area contributed by atoms with Gasteiger partial charge in [-0.2, -0.15) is 5.10 Å². The second kappa shape index (κ2) is 4.61. The molecule has 14 heavy (non-hydrogen) atoms. The molecule has 78 valence electrons. The Balaban J connectivity index is 2.79. The molecule has 0 aliphatic rings. The molecule has 0 unspecified atom stereocenters. The minimum atomic E-state index is -0.504. The maximum absolute atomic E-state index is 11.2. The number of hydrogen-bond donors (Lipinski definition) is 2. The first-order chi connectivity index (χ1) is 6.69. The number of hydrogen-bond acceptors (Lipinski definition) is 5. The number of aliphatic hydroxyl groups is 1. The van der Waals surface area contributed by atoms with Gasteiger partial charge in [0.05, 0.1) is 19.8 Å². The topological polar surface area (TPSA) is 90.4 Å². The Hall–Kier alpha value is -1.56. The Bertz CT molecular complexity index is 322. The molecule has 1 aromatic heterocycles. The summed E-state index contributed by atoms with van der Waals surface area (Å²) in [7, 11) is 0. The number of rotatable bonds is 4. The van der Waals surface area contributed by atoms with E-state index in [1.54, 1.807) is 6.92 Å². The van der Waals surface area contributed by atoms with Crippen LogP contribution in [0.15, 0.2) is 6.07 Å². The average molecular weight is 199 g/mol. The number of aliphatic hydroxyl groups excluding tert-OH is 1. The molecule has 0 aliphatic heterocycles. The number of ether oxygens (including phenoxy) is 1. The average Bonchev–Trinajstić information content (AvgIpc) is 2.49. The highest BCUT2D eigenvalue weighted by molar-refractivity contribution is 5.88. The fourth-order valence-electron chi connectivity index (χ4n) is 1.01. The molecule has 0 spiro atoms. The third-order valence-electron chi connectivity index (χ3n) is 1.61. The van der Waals surface area contributed by atoms with Crippen molar-refractivity contribution in [3.05, 3.63) is 11.8 Å². The number of nitrogens with two attached hydrogens (primary N) is 1. The summed E-state index contributed by atoms with van der Waals surface area (Å²) in [4.78, 5) is 11.2. The first kappa shape index (κ1) is 10.5. The van der Waals surface area contributed by atoms with Gasteiger partial charge in [0.25, 0.3) is 0 Å². The Morgan fingerprint density at radius 2 is 2.50 bits per heavy atom. The van der Waals surface area contributed by atoms with Gasteiger partial charge in [0, 0.05) is 6.07 Å². The summed E-state index contributed by atoms with van der Waals surface area (Å²) in [6, 6.07) is 1.42. The Morgan fingerprint density at radius 1 is 1.79 bits per heavy atom. The normalized spacial score (nSPS) is 10.1. The van der Waals surface area contributed by atoms with Crippen molar-refractivity contribution in [3.8, 4) is 0 Å². The Kier molecular flexibility index (Phi) is 3.47. The highest BCUT2D eigenvalue weighted by Crippen LogP contribution is 2.07. The number of nitrogens with zero attached hydrogens (tertiary/aromatic N) is 2. The first-order valence-electron chi connectivity index (χ1n) is 4.30. The van der Waals surface area contributed by atoms with Crippen molar-refractivity contribution in [2.75, 3.05) is 18.9 Å². The van der Waals surface area contributed by atoms with Gasteiger partial charge in [-0.15, -0.1) is 0 Å². The van der Waals surface area contributed by atoms with Crippen molar-refractivity contribution in [1.82, 2.24) is 9.78 Å². The van der Waals surface area contributed by atoms with E-state index in [2.05, 4.69) is 5.10 Å². The van der Waals surface area contributed by atoms with Crippen LogP contribution in [-0.4, -0.2) is 34.1 Å². The van der Waals surface area contributed by atoms with E-state index in [1.807, 2.05) is 0 Å². The number of anilines is 1. The van der Waals surface area contributed by atoms with Crippen molar-refractivity contribution < 1.29 is 14.6 Å². The molecule has 3 N–H and O–H groups in total. The molecular weight excluding hydrogens is 186 g/mol. The minimum absolute atomic E-state index is 0.0753. The quantitative estimate of drug-likeness (QED) is 0.646. The predicted octanol–water partition coefficient (Wildman–Crippen LogP) is -0.366. The monoisotopic (exact) mass is 199 g/mol. The third kappa shape index (κ3) is 2.23. The molecule has 0 aromatic carbocycles. The largest absolute Gasteiger partial charge is 0.461 e. The summed E-state index contributed by atoms with van der Waals surface area (Å²) in [6.45, 7) is 2.21. The molecule has 6 heteroatoms. The number of carbonyl (C=O) groups excluding carboxylic acids is 1. The van der Waals surface area contributed by atoms with E-state index in [9.17, 15) is 4.79 Å². The summed E-state index contributed by atoms with van der Waals surface area (Å²) < 4.78 is 6.09. The van der Waals surface area contributed by atoms with Gasteiger partial charge in [-0.1, -0.05) is 0 Å². The molecule has 0 amide bonds.